The van der Waals surface area contributed by atoms with Crippen molar-refractivity contribution in [1.82, 2.24) is 4.98 Å². The highest BCUT2D eigenvalue weighted by atomic mass is 32.2. The summed E-state index contributed by atoms with van der Waals surface area (Å²) in [5.74, 6) is 0. The smallest absolute Gasteiger partial charge is 0.254 e. The van der Waals surface area contributed by atoms with E-state index in [0.717, 1.165) is 9.79 Å². The fourth-order valence-corrected chi connectivity index (χ4v) is 2.97. The summed E-state index contributed by atoms with van der Waals surface area (Å²) in [6.45, 7) is 10.7. The van der Waals surface area contributed by atoms with Gasteiger partial charge in [0, 0.05) is 20.9 Å². The molecule has 1 aromatic heterocycles. The number of hydrogen-bond donors (Lipinski definition) is 1. The molecule has 5 heteroatoms. The van der Waals surface area contributed by atoms with Gasteiger partial charge < -0.3 is 0 Å². The van der Waals surface area contributed by atoms with Crippen LogP contribution in [0.15, 0.2) is 43.4 Å². The van der Waals surface area contributed by atoms with E-state index in [1.165, 1.54) is 23.5 Å². The largest absolute Gasteiger partial charge is 0.289 e. The summed E-state index contributed by atoms with van der Waals surface area (Å²) < 4.78 is 0. The summed E-state index contributed by atoms with van der Waals surface area (Å²) in [6, 6.07) is 0. The molecular formula is C12H13NO2S2. The first-order chi connectivity index (χ1) is 8.02. The average Bonchev–Trinajstić information content (AvgIpc) is 2.36. The molecule has 1 rings (SSSR count). The van der Waals surface area contributed by atoms with Crippen LogP contribution in [0.5, 0.6) is 0 Å². The SMILES string of the molecule is C=CSc1c(SC=C)c(C)c(=O)[nH]c(=O)c1C. The molecule has 0 aliphatic heterocycles. The molecule has 0 atom stereocenters. The van der Waals surface area contributed by atoms with Gasteiger partial charge in [0.15, 0.2) is 0 Å². The van der Waals surface area contributed by atoms with Crippen molar-refractivity contribution in [2.45, 2.75) is 23.6 Å². The van der Waals surface area contributed by atoms with Crippen LogP contribution in [0.4, 0.5) is 0 Å². The summed E-state index contributed by atoms with van der Waals surface area (Å²) in [5.41, 5.74) is 0.311. The first-order valence-electron chi connectivity index (χ1n) is 4.85. The second-order valence-electron chi connectivity index (χ2n) is 3.26. The molecule has 0 spiro atoms. The fourth-order valence-electron chi connectivity index (χ4n) is 1.29. The fraction of sp³-hybridized carbons (Fsp3) is 0.167. The van der Waals surface area contributed by atoms with E-state index in [2.05, 4.69) is 18.1 Å². The second kappa shape index (κ2) is 5.93. The highest BCUT2D eigenvalue weighted by molar-refractivity contribution is 8.05. The molecule has 0 saturated carbocycles. The lowest BCUT2D eigenvalue weighted by molar-refractivity contribution is 1.13. The predicted molar refractivity (Wildman–Crippen MR) is 74.9 cm³/mol. The molecule has 3 nitrogen and oxygen atoms in total. The van der Waals surface area contributed by atoms with E-state index in [0.29, 0.717) is 11.1 Å². The van der Waals surface area contributed by atoms with Crippen LogP contribution in [-0.4, -0.2) is 4.98 Å². The molecule has 1 N–H and O–H groups in total. The minimum absolute atomic E-state index is 0.363. The number of thioether (sulfide) groups is 2. The maximum Gasteiger partial charge on any atom is 0.254 e. The maximum absolute atomic E-state index is 11.7. The topological polar surface area (TPSA) is 49.9 Å². The summed E-state index contributed by atoms with van der Waals surface area (Å²) in [6.07, 6.45) is 0. The first kappa shape index (κ1) is 13.9. The number of aromatic nitrogens is 1. The molecule has 17 heavy (non-hydrogen) atoms. The lowest BCUT2D eigenvalue weighted by Crippen LogP contribution is -2.17. The van der Waals surface area contributed by atoms with Crippen LogP contribution in [-0.2, 0) is 0 Å². The van der Waals surface area contributed by atoms with Crippen LogP contribution in [0.1, 0.15) is 11.1 Å². The molecular weight excluding hydrogens is 254 g/mol. The van der Waals surface area contributed by atoms with Gasteiger partial charge in [-0.1, -0.05) is 36.7 Å². The van der Waals surface area contributed by atoms with Gasteiger partial charge in [-0.15, -0.1) is 0 Å². The number of nitrogens with one attached hydrogen (secondary N) is 1. The van der Waals surface area contributed by atoms with Crippen LogP contribution in [0.25, 0.3) is 0 Å². The van der Waals surface area contributed by atoms with Crippen molar-refractivity contribution in [3.63, 3.8) is 0 Å². The van der Waals surface area contributed by atoms with Crippen LogP contribution in [0.2, 0.25) is 0 Å². The minimum Gasteiger partial charge on any atom is -0.289 e. The summed E-state index contributed by atoms with van der Waals surface area (Å²) in [7, 11) is 0. The summed E-state index contributed by atoms with van der Waals surface area (Å²) in [5, 5.41) is 3.28. The molecule has 90 valence electrons. The van der Waals surface area contributed by atoms with Crippen molar-refractivity contribution >= 4 is 23.5 Å². The Morgan fingerprint density at radius 3 is 1.59 bits per heavy atom. The third kappa shape index (κ3) is 2.92. The molecule has 1 heterocycles. The van der Waals surface area contributed by atoms with Gasteiger partial charge in [-0.3, -0.25) is 14.6 Å². The van der Waals surface area contributed by atoms with E-state index in [9.17, 15) is 9.59 Å². The lowest BCUT2D eigenvalue weighted by Gasteiger charge is -2.04. The Morgan fingerprint density at radius 1 is 0.941 bits per heavy atom. The molecule has 0 aliphatic rings. The summed E-state index contributed by atoms with van der Waals surface area (Å²) >= 11 is 2.67. The summed E-state index contributed by atoms with van der Waals surface area (Å²) in [4.78, 5) is 27.3. The zero-order chi connectivity index (χ0) is 13.0. The number of aromatic amines is 1. The van der Waals surface area contributed by atoms with E-state index in [1.807, 2.05) is 0 Å². The Morgan fingerprint density at radius 2 is 1.29 bits per heavy atom. The Kier molecular flexibility index (Phi) is 4.84. The van der Waals surface area contributed by atoms with Crippen molar-refractivity contribution in [3.05, 3.63) is 55.8 Å². The quantitative estimate of drug-likeness (QED) is 0.852. The van der Waals surface area contributed by atoms with Crippen LogP contribution in [0.3, 0.4) is 0 Å². The third-order valence-electron chi connectivity index (χ3n) is 2.20. The van der Waals surface area contributed by atoms with E-state index in [4.69, 9.17) is 0 Å². The van der Waals surface area contributed by atoms with Gasteiger partial charge in [0.05, 0.1) is 0 Å². The van der Waals surface area contributed by atoms with Crippen LogP contribution >= 0.6 is 23.5 Å². The molecule has 0 unspecified atom stereocenters. The standard InChI is InChI=1S/C12H13NO2S2/c1-5-16-9-7(3)11(14)13-12(15)8(4)10(9)17-6-2/h5-6H,1-2H2,3-4H3,(H,13,14,15). The average molecular weight is 267 g/mol. The lowest BCUT2D eigenvalue weighted by atomic mass is 10.3. The second-order valence-corrected chi connectivity index (χ2v) is 5.22. The molecule has 0 fully saturated rings. The van der Waals surface area contributed by atoms with Crippen molar-refractivity contribution in [2.24, 2.45) is 0 Å². The van der Waals surface area contributed by atoms with Gasteiger partial charge in [0.2, 0.25) is 0 Å². The Balaban J connectivity index is 3.81. The van der Waals surface area contributed by atoms with Crippen molar-refractivity contribution in [1.29, 1.82) is 0 Å². The van der Waals surface area contributed by atoms with Gasteiger partial charge in [0.25, 0.3) is 11.1 Å². The van der Waals surface area contributed by atoms with Gasteiger partial charge in [-0.2, -0.15) is 0 Å². The predicted octanol–water partition coefficient (Wildman–Crippen LogP) is 2.82. The van der Waals surface area contributed by atoms with E-state index < -0.39 is 0 Å². The number of H-pyrrole nitrogens is 1. The van der Waals surface area contributed by atoms with E-state index in [1.54, 1.807) is 24.7 Å². The van der Waals surface area contributed by atoms with Gasteiger partial charge >= 0.3 is 0 Å². The highest BCUT2D eigenvalue weighted by Gasteiger charge is 2.12. The van der Waals surface area contributed by atoms with Crippen molar-refractivity contribution in [3.8, 4) is 0 Å². The Bertz CT molecular complexity index is 526. The number of hydrogen-bond acceptors (Lipinski definition) is 4. The van der Waals surface area contributed by atoms with Crippen LogP contribution < -0.4 is 11.1 Å². The van der Waals surface area contributed by atoms with Gasteiger partial charge in [-0.25, -0.2) is 0 Å². The zero-order valence-electron chi connectivity index (χ0n) is 9.70. The minimum atomic E-state index is -0.363. The first-order valence-corrected chi connectivity index (χ1v) is 6.61. The van der Waals surface area contributed by atoms with E-state index in [-0.39, 0.29) is 11.1 Å². The molecule has 0 amide bonds. The maximum atomic E-state index is 11.7. The molecule has 0 saturated heterocycles. The third-order valence-corrected chi connectivity index (χ3v) is 4.15. The normalized spacial score (nSPS) is 10.0. The van der Waals surface area contributed by atoms with Gasteiger partial charge in [-0.05, 0) is 24.7 Å². The number of rotatable bonds is 4. The Labute approximate surface area is 108 Å². The molecule has 0 radical (unpaired) electrons. The van der Waals surface area contributed by atoms with Crippen LogP contribution in [0, 0.1) is 13.8 Å². The monoisotopic (exact) mass is 267 g/mol. The molecule has 1 aromatic rings. The van der Waals surface area contributed by atoms with Gasteiger partial charge in [0.1, 0.15) is 0 Å². The van der Waals surface area contributed by atoms with Crippen molar-refractivity contribution in [2.75, 3.05) is 0 Å². The van der Waals surface area contributed by atoms with Crippen molar-refractivity contribution < 1.29 is 0 Å². The van der Waals surface area contributed by atoms with E-state index >= 15 is 0 Å². The Hall–Kier alpha value is -1.20. The molecule has 0 aliphatic carbocycles. The molecule has 0 bridgehead atoms. The zero-order valence-corrected chi connectivity index (χ0v) is 11.3. The molecule has 0 aromatic carbocycles. The highest BCUT2D eigenvalue weighted by Crippen LogP contribution is 2.33.